The van der Waals surface area contributed by atoms with Crippen LogP contribution < -0.4 is 10.2 Å². The molecule has 38 heavy (non-hydrogen) atoms. The highest BCUT2D eigenvalue weighted by atomic mass is 16.5. The summed E-state index contributed by atoms with van der Waals surface area (Å²) in [5.74, 6) is 2.63. The second kappa shape index (κ2) is 11.9. The first-order valence-electron chi connectivity index (χ1n) is 14.5. The van der Waals surface area contributed by atoms with Gasteiger partial charge in [0.2, 0.25) is 0 Å². The Kier molecular flexibility index (Phi) is 7.93. The fourth-order valence-electron chi connectivity index (χ4n) is 6.51. The van der Waals surface area contributed by atoms with E-state index in [-0.39, 0.29) is 11.9 Å². The largest absolute Gasteiger partial charge is 0.464 e. The van der Waals surface area contributed by atoms with E-state index in [1.54, 1.807) is 6.20 Å². The molecule has 6 rings (SSSR count). The van der Waals surface area contributed by atoms with Crippen LogP contribution in [0.4, 0.5) is 5.82 Å². The van der Waals surface area contributed by atoms with Crippen LogP contribution in [0.1, 0.15) is 73.3 Å². The minimum absolute atomic E-state index is 0.00200. The Labute approximate surface area is 225 Å². The van der Waals surface area contributed by atoms with E-state index in [9.17, 15) is 4.79 Å². The minimum atomic E-state index is -0.00200. The topological polar surface area (TPSA) is 70.8 Å². The second-order valence-corrected chi connectivity index (χ2v) is 11.3. The van der Waals surface area contributed by atoms with E-state index in [4.69, 9.17) is 9.15 Å². The van der Waals surface area contributed by atoms with Gasteiger partial charge in [0.1, 0.15) is 11.6 Å². The Hall–Kier alpha value is -2.90. The minimum Gasteiger partial charge on any atom is -0.464 e. The molecular formula is C31H40N4O3. The number of aromatic nitrogens is 1. The number of pyridine rings is 1. The quantitative estimate of drug-likeness (QED) is 0.446. The summed E-state index contributed by atoms with van der Waals surface area (Å²) in [5, 5.41) is 3.27. The molecule has 0 bridgehead atoms. The molecule has 2 saturated heterocycles. The van der Waals surface area contributed by atoms with Crippen molar-refractivity contribution in [2.45, 2.75) is 63.5 Å². The molecule has 1 atom stereocenters. The number of rotatable bonds is 7. The van der Waals surface area contributed by atoms with Gasteiger partial charge in [-0.15, -0.1) is 0 Å². The van der Waals surface area contributed by atoms with Crippen LogP contribution in [0.5, 0.6) is 0 Å². The standard InChI is InChI=1S/C31H40N4O3/c36-31(25-9-12-30(32-21-25)35-16-18-37-19-17-35)33-27-10-7-23(8-11-27)13-15-34-14-2-1-5-28(34)26-20-24-4-3-6-29(24)38-22-26/h3-4,6,9,12,20-23,27-28H,1-2,5,7-8,10-11,13-19H2,(H,33,36). The molecule has 1 N–H and O–H groups in total. The molecule has 7 heteroatoms. The molecule has 0 spiro atoms. The summed E-state index contributed by atoms with van der Waals surface area (Å²) in [6.45, 7) is 5.47. The number of carbonyl (C=O) groups excluding carboxylic acids is 1. The summed E-state index contributed by atoms with van der Waals surface area (Å²) in [5.41, 5.74) is 3.17. The number of carbonyl (C=O) groups is 1. The molecule has 3 aliphatic heterocycles. The molecule has 3 fully saturated rings. The van der Waals surface area contributed by atoms with E-state index in [1.807, 2.05) is 24.5 Å². The predicted octanol–water partition coefficient (Wildman–Crippen LogP) is 5.52. The first kappa shape index (κ1) is 25.4. The first-order chi connectivity index (χ1) is 18.7. The van der Waals surface area contributed by atoms with Gasteiger partial charge in [0.15, 0.2) is 0 Å². The third-order valence-electron chi connectivity index (χ3n) is 8.80. The lowest BCUT2D eigenvalue weighted by atomic mass is 9.83. The van der Waals surface area contributed by atoms with Gasteiger partial charge in [-0.3, -0.25) is 9.69 Å². The summed E-state index contributed by atoms with van der Waals surface area (Å²) in [7, 11) is 0. The van der Waals surface area contributed by atoms with E-state index in [2.05, 4.69) is 38.3 Å². The van der Waals surface area contributed by atoms with Crippen molar-refractivity contribution in [1.29, 1.82) is 0 Å². The maximum atomic E-state index is 12.9. The Bertz CT molecular complexity index is 1150. The zero-order valence-electron chi connectivity index (χ0n) is 22.3. The zero-order chi connectivity index (χ0) is 25.7. The fraction of sp³-hybridized carbons (Fsp3) is 0.548. The monoisotopic (exact) mass is 516 g/mol. The number of amides is 1. The molecule has 1 aromatic rings. The van der Waals surface area contributed by atoms with Crippen molar-refractivity contribution in [2.24, 2.45) is 5.92 Å². The molecule has 1 unspecified atom stereocenters. The number of nitrogens with one attached hydrogen (secondary N) is 1. The number of morpholine rings is 1. The normalized spacial score (nSPS) is 24.9. The molecule has 4 heterocycles. The molecule has 202 valence electrons. The summed E-state index contributed by atoms with van der Waals surface area (Å²) in [6.07, 6.45) is 13.2. The molecule has 0 aromatic carbocycles. The maximum absolute atomic E-state index is 12.9. The third kappa shape index (κ3) is 5.89. The maximum Gasteiger partial charge on any atom is 0.253 e. The Morgan fingerprint density at radius 3 is 2.68 bits per heavy atom. The summed E-state index contributed by atoms with van der Waals surface area (Å²) >= 11 is 0. The van der Waals surface area contributed by atoms with Crippen molar-refractivity contribution in [2.75, 3.05) is 44.3 Å². The highest BCUT2D eigenvalue weighted by Gasteiger charge is 2.28. The van der Waals surface area contributed by atoms with E-state index in [0.29, 0.717) is 11.6 Å². The fourth-order valence-corrected chi connectivity index (χ4v) is 6.51. The number of nitrogens with zero attached hydrogens (tertiary/aromatic N) is 3. The summed E-state index contributed by atoms with van der Waals surface area (Å²) < 4.78 is 11.3. The molecule has 7 nitrogen and oxygen atoms in total. The van der Waals surface area contributed by atoms with Gasteiger partial charge in [-0.25, -0.2) is 4.98 Å². The van der Waals surface area contributed by atoms with E-state index in [1.165, 1.54) is 56.2 Å². The molecule has 0 radical (unpaired) electrons. The second-order valence-electron chi connectivity index (χ2n) is 11.3. The first-order valence-corrected chi connectivity index (χ1v) is 14.5. The van der Waals surface area contributed by atoms with Gasteiger partial charge >= 0.3 is 0 Å². The van der Waals surface area contributed by atoms with Gasteiger partial charge < -0.3 is 19.4 Å². The highest BCUT2D eigenvalue weighted by Crippen LogP contribution is 2.36. The third-order valence-corrected chi connectivity index (χ3v) is 8.80. The average molecular weight is 517 g/mol. The Morgan fingerprint density at radius 2 is 1.87 bits per heavy atom. The van der Waals surface area contributed by atoms with Crippen LogP contribution in [0, 0.1) is 5.92 Å². The molecular weight excluding hydrogens is 476 g/mol. The van der Waals surface area contributed by atoms with Gasteiger partial charge in [0, 0.05) is 42.5 Å². The number of hydrogen-bond acceptors (Lipinski definition) is 6. The van der Waals surface area contributed by atoms with Crippen LogP contribution in [-0.4, -0.2) is 61.2 Å². The lowest BCUT2D eigenvalue weighted by molar-refractivity contribution is 0.0915. The van der Waals surface area contributed by atoms with Crippen molar-refractivity contribution in [3.05, 3.63) is 60.0 Å². The van der Waals surface area contributed by atoms with Crippen molar-refractivity contribution >= 4 is 11.7 Å². The van der Waals surface area contributed by atoms with Gasteiger partial charge in [-0.2, -0.15) is 0 Å². The van der Waals surface area contributed by atoms with Gasteiger partial charge in [0.05, 0.1) is 25.0 Å². The number of fused-ring (bicyclic) bond motifs is 1. The predicted molar refractivity (Wildman–Crippen MR) is 149 cm³/mol. The van der Waals surface area contributed by atoms with Crippen LogP contribution in [0.2, 0.25) is 0 Å². The molecule has 2 aliphatic carbocycles. The Balaban J connectivity index is 0.965. The van der Waals surface area contributed by atoms with E-state index >= 15 is 0 Å². The zero-order valence-corrected chi connectivity index (χ0v) is 22.3. The van der Waals surface area contributed by atoms with Crippen LogP contribution in [0.25, 0.3) is 11.3 Å². The van der Waals surface area contributed by atoms with E-state index in [0.717, 1.165) is 63.2 Å². The van der Waals surface area contributed by atoms with Crippen molar-refractivity contribution < 1.29 is 13.9 Å². The molecule has 1 saturated carbocycles. The van der Waals surface area contributed by atoms with Crippen LogP contribution in [0.3, 0.4) is 0 Å². The van der Waals surface area contributed by atoms with Crippen LogP contribution in [0.15, 0.2) is 53.3 Å². The van der Waals surface area contributed by atoms with Crippen molar-refractivity contribution in [1.82, 2.24) is 15.2 Å². The van der Waals surface area contributed by atoms with Crippen LogP contribution in [-0.2, 0) is 4.74 Å². The lowest BCUT2D eigenvalue weighted by Gasteiger charge is -2.37. The smallest absolute Gasteiger partial charge is 0.253 e. The summed E-state index contributed by atoms with van der Waals surface area (Å²) in [6, 6.07) is 13.1. The van der Waals surface area contributed by atoms with Crippen molar-refractivity contribution in [3.63, 3.8) is 0 Å². The number of hydrogen-bond donors (Lipinski definition) is 1. The number of likely N-dealkylation sites (tertiary alicyclic amines) is 1. The SMILES string of the molecule is O=C(NC1CCC(CCN2CCCCC2c2coc3cccc-3c2)CC1)c1ccc(N2CCOCC2)nc1. The van der Waals surface area contributed by atoms with Crippen LogP contribution >= 0.6 is 0 Å². The number of anilines is 1. The highest BCUT2D eigenvalue weighted by molar-refractivity contribution is 5.94. The van der Waals surface area contributed by atoms with Gasteiger partial charge in [-0.05, 0) is 88.2 Å². The van der Waals surface area contributed by atoms with Crippen molar-refractivity contribution in [3.8, 4) is 11.3 Å². The Morgan fingerprint density at radius 1 is 1.00 bits per heavy atom. The average Bonchev–Trinajstić information content (AvgIpc) is 3.46. The van der Waals surface area contributed by atoms with E-state index < -0.39 is 0 Å². The molecule has 5 aliphatic rings. The molecule has 1 amide bonds. The molecule has 1 aromatic heterocycles. The number of piperidine rings is 1. The van der Waals surface area contributed by atoms with Gasteiger partial charge in [0.25, 0.3) is 5.91 Å². The lowest BCUT2D eigenvalue weighted by Crippen LogP contribution is -2.39. The summed E-state index contributed by atoms with van der Waals surface area (Å²) in [4.78, 5) is 22.3. The van der Waals surface area contributed by atoms with Gasteiger partial charge in [-0.1, -0.05) is 18.6 Å². The number of ether oxygens (including phenoxy) is 1.